The number of rotatable bonds is 2. The fraction of sp³-hybridized carbons (Fsp3) is 0.750. The predicted octanol–water partition coefficient (Wildman–Crippen LogP) is 3.14. The Bertz CT molecular complexity index is 174. The number of amides is 1. The van der Waals surface area contributed by atoms with Gasteiger partial charge in [-0.1, -0.05) is 27.4 Å². The second-order valence-corrected chi connectivity index (χ2v) is 3.67. The Morgan fingerprint density at radius 2 is 1.86 bits per heavy atom. The highest BCUT2D eigenvalue weighted by Crippen LogP contribution is 2.23. The number of hydrogen-bond acceptors (Lipinski definition) is 1. The molecule has 0 aromatic heterocycles. The quantitative estimate of drug-likeness (QED) is 0.680. The van der Waals surface area contributed by atoms with Crippen molar-refractivity contribution in [3.63, 3.8) is 0 Å². The number of nitrogens with one attached hydrogen (secondary N) is 1. The van der Waals surface area contributed by atoms with Crippen LogP contribution < -0.4 is 5.32 Å². The van der Waals surface area contributed by atoms with Gasteiger partial charge in [-0.25, -0.2) is 0 Å². The maximum absolute atomic E-state index is 10.9. The lowest BCUT2D eigenvalue weighted by Gasteiger charge is -2.26. The molecule has 1 amide bonds. The second-order valence-electron chi connectivity index (χ2n) is 3.67. The van der Waals surface area contributed by atoms with Crippen molar-refractivity contribution in [1.29, 1.82) is 0 Å². The zero-order valence-electron chi connectivity index (χ0n) is 9.68. The number of carbonyl (C=O) groups excluding carboxylic acids is 1. The Hall–Kier alpha value is -0.790. The first-order chi connectivity index (χ1) is 6.72. The SMILES string of the molecule is C=CC(=O)NC1CCC(C)CC1.CC.[HH]. The highest BCUT2D eigenvalue weighted by molar-refractivity contribution is 5.87. The van der Waals surface area contributed by atoms with Crippen LogP contribution >= 0.6 is 0 Å². The van der Waals surface area contributed by atoms with E-state index in [4.69, 9.17) is 0 Å². The predicted molar refractivity (Wildman–Crippen MR) is 63.2 cm³/mol. The molecule has 0 heterocycles. The van der Waals surface area contributed by atoms with Crippen LogP contribution in [0.5, 0.6) is 0 Å². The average Bonchev–Trinajstić information content (AvgIpc) is 2.24. The summed E-state index contributed by atoms with van der Waals surface area (Å²) in [6.45, 7) is 9.70. The Kier molecular flexibility index (Phi) is 7.17. The normalized spacial score (nSPS) is 25.6. The molecule has 0 saturated heterocycles. The zero-order chi connectivity index (χ0) is 11.0. The first-order valence-corrected chi connectivity index (χ1v) is 5.65. The summed E-state index contributed by atoms with van der Waals surface area (Å²) < 4.78 is 0. The van der Waals surface area contributed by atoms with E-state index >= 15 is 0 Å². The second kappa shape index (κ2) is 7.60. The summed E-state index contributed by atoms with van der Waals surface area (Å²) in [5, 5.41) is 2.93. The molecule has 0 aromatic rings. The van der Waals surface area contributed by atoms with E-state index in [0.717, 1.165) is 18.8 Å². The van der Waals surface area contributed by atoms with Gasteiger partial charge in [-0.15, -0.1) is 0 Å². The average molecular weight is 199 g/mol. The van der Waals surface area contributed by atoms with Gasteiger partial charge >= 0.3 is 0 Å². The summed E-state index contributed by atoms with van der Waals surface area (Å²) in [6.07, 6.45) is 6.07. The molecule has 2 heteroatoms. The van der Waals surface area contributed by atoms with Crippen LogP contribution in [0.1, 0.15) is 47.9 Å². The molecule has 0 unspecified atom stereocenters. The first-order valence-electron chi connectivity index (χ1n) is 5.65. The molecule has 0 atom stereocenters. The van der Waals surface area contributed by atoms with Crippen molar-refractivity contribution >= 4 is 5.91 Å². The van der Waals surface area contributed by atoms with Crippen LogP contribution in [0.25, 0.3) is 0 Å². The molecule has 14 heavy (non-hydrogen) atoms. The summed E-state index contributed by atoms with van der Waals surface area (Å²) in [5.74, 6) is 0.802. The summed E-state index contributed by atoms with van der Waals surface area (Å²) in [5.41, 5.74) is 0. The Morgan fingerprint density at radius 1 is 1.36 bits per heavy atom. The van der Waals surface area contributed by atoms with E-state index in [1.165, 1.54) is 18.9 Å². The first kappa shape index (κ1) is 13.2. The van der Waals surface area contributed by atoms with Crippen molar-refractivity contribution in [3.8, 4) is 0 Å². The van der Waals surface area contributed by atoms with Gasteiger partial charge < -0.3 is 5.32 Å². The van der Waals surface area contributed by atoms with Crippen molar-refractivity contribution in [2.24, 2.45) is 5.92 Å². The fourth-order valence-corrected chi connectivity index (χ4v) is 1.66. The summed E-state index contributed by atoms with van der Waals surface area (Å²) in [6, 6.07) is 0.395. The van der Waals surface area contributed by atoms with Gasteiger partial charge in [0.05, 0.1) is 0 Å². The molecule has 0 radical (unpaired) electrons. The molecule has 0 aromatic carbocycles. The molecule has 1 fully saturated rings. The number of hydrogen-bond donors (Lipinski definition) is 1. The van der Waals surface area contributed by atoms with Crippen molar-refractivity contribution in [2.75, 3.05) is 0 Å². The minimum absolute atomic E-state index is 0. The smallest absolute Gasteiger partial charge is 0.243 e. The molecule has 0 spiro atoms. The molecule has 1 aliphatic carbocycles. The molecule has 2 nitrogen and oxygen atoms in total. The third-order valence-corrected chi connectivity index (χ3v) is 2.55. The fourth-order valence-electron chi connectivity index (χ4n) is 1.66. The minimum atomic E-state index is -0.0328. The summed E-state index contributed by atoms with van der Waals surface area (Å²) in [4.78, 5) is 10.9. The highest BCUT2D eigenvalue weighted by atomic mass is 16.1. The van der Waals surface area contributed by atoms with E-state index < -0.39 is 0 Å². The molecule has 84 valence electrons. The lowest BCUT2D eigenvalue weighted by atomic mass is 9.87. The van der Waals surface area contributed by atoms with Gasteiger partial charge in [-0.05, 0) is 37.7 Å². The van der Waals surface area contributed by atoms with Crippen LogP contribution in [-0.2, 0) is 4.79 Å². The largest absolute Gasteiger partial charge is 0.350 e. The van der Waals surface area contributed by atoms with Crippen LogP contribution in [-0.4, -0.2) is 11.9 Å². The van der Waals surface area contributed by atoms with Crippen LogP contribution in [0.2, 0.25) is 0 Å². The molecule has 1 N–H and O–H groups in total. The van der Waals surface area contributed by atoms with Crippen LogP contribution in [0, 0.1) is 5.92 Å². The third kappa shape index (κ3) is 5.05. The van der Waals surface area contributed by atoms with E-state index in [1.807, 2.05) is 13.8 Å². The molecule has 0 bridgehead atoms. The van der Waals surface area contributed by atoms with E-state index in [1.54, 1.807) is 0 Å². The van der Waals surface area contributed by atoms with E-state index in [9.17, 15) is 4.79 Å². The Labute approximate surface area is 89.3 Å². The van der Waals surface area contributed by atoms with Gasteiger partial charge in [0.15, 0.2) is 0 Å². The molecule has 1 aliphatic rings. The van der Waals surface area contributed by atoms with Crippen LogP contribution in [0.3, 0.4) is 0 Å². The van der Waals surface area contributed by atoms with E-state index in [-0.39, 0.29) is 7.33 Å². The molecule has 1 rings (SSSR count). The van der Waals surface area contributed by atoms with Crippen molar-refractivity contribution in [1.82, 2.24) is 5.32 Å². The molecular weight excluding hydrogens is 174 g/mol. The van der Waals surface area contributed by atoms with Gasteiger partial charge in [-0.3, -0.25) is 4.79 Å². The molecule has 1 saturated carbocycles. The zero-order valence-corrected chi connectivity index (χ0v) is 9.68. The third-order valence-electron chi connectivity index (χ3n) is 2.55. The summed E-state index contributed by atoms with van der Waals surface area (Å²) >= 11 is 0. The minimum Gasteiger partial charge on any atom is -0.350 e. The topological polar surface area (TPSA) is 29.1 Å². The lowest BCUT2D eigenvalue weighted by Crippen LogP contribution is -2.36. The van der Waals surface area contributed by atoms with Crippen molar-refractivity contribution in [2.45, 2.75) is 52.5 Å². The van der Waals surface area contributed by atoms with Crippen molar-refractivity contribution < 1.29 is 6.22 Å². The maximum Gasteiger partial charge on any atom is 0.243 e. The maximum atomic E-state index is 10.9. The van der Waals surface area contributed by atoms with Gasteiger partial charge in [0.2, 0.25) is 5.91 Å². The van der Waals surface area contributed by atoms with Gasteiger partial charge in [-0.2, -0.15) is 0 Å². The lowest BCUT2D eigenvalue weighted by molar-refractivity contribution is -0.117. The standard InChI is InChI=1S/C10H17NO.C2H6.H2/c1-3-10(12)11-9-6-4-8(2)5-7-9;1-2;/h3,8-9H,1,4-7H2,2H3,(H,11,12);1-2H3;1H. The summed E-state index contributed by atoms with van der Waals surface area (Å²) in [7, 11) is 0. The van der Waals surface area contributed by atoms with Gasteiger partial charge in [0, 0.05) is 7.47 Å². The highest BCUT2D eigenvalue weighted by Gasteiger charge is 2.18. The number of carbonyl (C=O) groups is 1. The Morgan fingerprint density at radius 3 is 2.29 bits per heavy atom. The van der Waals surface area contributed by atoms with Crippen LogP contribution in [0.15, 0.2) is 12.7 Å². The van der Waals surface area contributed by atoms with Gasteiger partial charge in [0.25, 0.3) is 0 Å². The van der Waals surface area contributed by atoms with Crippen molar-refractivity contribution in [3.05, 3.63) is 12.7 Å². The van der Waals surface area contributed by atoms with Gasteiger partial charge in [0.1, 0.15) is 0 Å². The monoisotopic (exact) mass is 199 g/mol. The van der Waals surface area contributed by atoms with E-state index in [0.29, 0.717) is 6.04 Å². The van der Waals surface area contributed by atoms with Crippen LogP contribution in [0.4, 0.5) is 0 Å². The van der Waals surface area contributed by atoms with E-state index in [2.05, 4.69) is 18.8 Å². The Balaban J connectivity index is 0. The molecule has 0 aliphatic heterocycles. The molecular formula is C12H25NO.